The minimum Gasteiger partial charge on any atom is -0.488 e. The molecule has 0 aliphatic carbocycles. The predicted octanol–water partition coefficient (Wildman–Crippen LogP) is 4.25. The molecule has 1 aliphatic rings. The second-order valence-corrected chi connectivity index (χ2v) is 8.13. The van der Waals surface area contributed by atoms with Crippen molar-refractivity contribution < 1.29 is 29.0 Å². The highest BCUT2D eigenvalue weighted by atomic mass is 16.5. The third-order valence-corrected chi connectivity index (χ3v) is 5.37. The molecule has 35 heavy (non-hydrogen) atoms. The summed E-state index contributed by atoms with van der Waals surface area (Å²) in [6.07, 6.45) is 1.37. The highest BCUT2D eigenvalue weighted by Crippen LogP contribution is 2.26. The van der Waals surface area contributed by atoms with Crippen LogP contribution in [0.3, 0.4) is 0 Å². The number of imide groups is 2. The first-order chi connectivity index (χ1) is 16.7. The number of aromatic carboxylic acids is 1. The van der Waals surface area contributed by atoms with E-state index in [1.54, 1.807) is 24.3 Å². The van der Waals surface area contributed by atoms with Crippen LogP contribution in [0.15, 0.2) is 72.3 Å². The van der Waals surface area contributed by atoms with Crippen LogP contribution in [0, 0.1) is 13.8 Å². The summed E-state index contributed by atoms with van der Waals surface area (Å²) in [6, 6.07) is 17.3. The summed E-state index contributed by atoms with van der Waals surface area (Å²) < 4.78 is 5.99. The van der Waals surface area contributed by atoms with Crippen molar-refractivity contribution >= 4 is 35.6 Å². The SMILES string of the molecule is Cc1cc(C)cc(COc2ccccc2/C=C2\C(=O)NC(=O)N(c3ccc(C(=O)O)cc3)C2=O)c1. The van der Waals surface area contributed by atoms with Crippen LogP contribution in [0.2, 0.25) is 0 Å². The number of benzene rings is 3. The van der Waals surface area contributed by atoms with Crippen LogP contribution < -0.4 is 15.0 Å². The summed E-state index contributed by atoms with van der Waals surface area (Å²) >= 11 is 0. The zero-order chi connectivity index (χ0) is 25.1. The minimum atomic E-state index is -1.14. The Balaban J connectivity index is 1.63. The summed E-state index contributed by atoms with van der Waals surface area (Å²) in [7, 11) is 0. The van der Waals surface area contributed by atoms with Gasteiger partial charge in [-0.1, -0.05) is 47.5 Å². The molecule has 176 valence electrons. The van der Waals surface area contributed by atoms with E-state index in [4.69, 9.17) is 9.84 Å². The maximum atomic E-state index is 13.2. The molecule has 1 heterocycles. The number of anilines is 1. The van der Waals surface area contributed by atoms with Gasteiger partial charge in [0.05, 0.1) is 11.3 Å². The van der Waals surface area contributed by atoms with Crippen molar-refractivity contribution in [3.63, 3.8) is 0 Å². The lowest BCUT2D eigenvalue weighted by Crippen LogP contribution is -2.54. The van der Waals surface area contributed by atoms with Crippen LogP contribution in [0.5, 0.6) is 5.75 Å². The van der Waals surface area contributed by atoms with Gasteiger partial charge in [-0.25, -0.2) is 14.5 Å². The lowest BCUT2D eigenvalue weighted by Gasteiger charge is -2.26. The Labute approximate surface area is 201 Å². The molecule has 0 unspecified atom stereocenters. The number of carbonyl (C=O) groups excluding carboxylic acids is 3. The zero-order valence-electron chi connectivity index (χ0n) is 19.1. The fraction of sp³-hybridized carbons (Fsp3) is 0.111. The number of barbiturate groups is 1. The molecule has 8 nitrogen and oxygen atoms in total. The first kappa shape index (κ1) is 23.4. The van der Waals surface area contributed by atoms with Crippen molar-refractivity contribution in [2.75, 3.05) is 4.90 Å². The number of amides is 4. The second kappa shape index (κ2) is 9.64. The molecular formula is C27H22N2O6. The monoisotopic (exact) mass is 470 g/mol. The van der Waals surface area contributed by atoms with E-state index in [0.717, 1.165) is 21.6 Å². The molecule has 0 atom stereocenters. The first-order valence-corrected chi connectivity index (χ1v) is 10.8. The van der Waals surface area contributed by atoms with E-state index in [1.165, 1.54) is 30.3 Å². The molecule has 1 saturated heterocycles. The fourth-order valence-electron chi connectivity index (χ4n) is 3.85. The Bertz CT molecular complexity index is 1350. The molecule has 2 N–H and O–H groups in total. The van der Waals surface area contributed by atoms with Gasteiger partial charge in [0, 0.05) is 5.56 Å². The maximum absolute atomic E-state index is 13.2. The van der Waals surface area contributed by atoms with Crippen LogP contribution in [-0.4, -0.2) is 28.9 Å². The summed E-state index contributed by atoms with van der Waals surface area (Å²) in [5, 5.41) is 11.2. The smallest absolute Gasteiger partial charge is 0.335 e. The zero-order valence-corrected chi connectivity index (χ0v) is 19.1. The van der Waals surface area contributed by atoms with Crippen molar-refractivity contribution in [3.05, 3.63) is 100 Å². The lowest BCUT2D eigenvalue weighted by atomic mass is 10.1. The number of nitrogens with zero attached hydrogens (tertiary/aromatic N) is 1. The van der Waals surface area contributed by atoms with Crippen LogP contribution in [0.4, 0.5) is 10.5 Å². The molecule has 1 fully saturated rings. The Morgan fingerprint density at radius 1 is 0.971 bits per heavy atom. The van der Waals surface area contributed by atoms with Gasteiger partial charge >= 0.3 is 12.0 Å². The summed E-state index contributed by atoms with van der Waals surface area (Å²) in [5.41, 5.74) is 3.59. The molecule has 4 amide bonds. The summed E-state index contributed by atoms with van der Waals surface area (Å²) in [5.74, 6) is -2.33. The summed E-state index contributed by atoms with van der Waals surface area (Å²) in [4.78, 5) is 50.0. The highest BCUT2D eigenvalue weighted by molar-refractivity contribution is 6.39. The van der Waals surface area contributed by atoms with Gasteiger partial charge in [0.25, 0.3) is 11.8 Å². The number of ether oxygens (including phenoxy) is 1. The van der Waals surface area contributed by atoms with Crippen molar-refractivity contribution in [1.29, 1.82) is 0 Å². The predicted molar refractivity (Wildman–Crippen MR) is 129 cm³/mol. The van der Waals surface area contributed by atoms with Gasteiger partial charge < -0.3 is 9.84 Å². The molecule has 3 aromatic rings. The fourth-order valence-corrected chi connectivity index (χ4v) is 3.85. The van der Waals surface area contributed by atoms with Gasteiger partial charge in [0.15, 0.2) is 0 Å². The summed E-state index contributed by atoms with van der Waals surface area (Å²) in [6.45, 7) is 4.30. The average Bonchev–Trinajstić information content (AvgIpc) is 2.80. The Kier molecular flexibility index (Phi) is 6.46. The molecular weight excluding hydrogens is 448 g/mol. The van der Waals surface area contributed by atoms with E-state index >= 15 is 0 Å². The van der Waals surface area contributed by atoms with Gasteiger partial charge in [-0.15, -0.1) is 0 Å². The Morgan fingerprint density at radius 3 is 2.29 bits per heavy atom. The third kappa shape index (κ3) is 5.11. The van der Waals surface area contributed by atoms with E-state index < -0.39 is 23.8 Å². The average molecular weight is 470 g/mol. The van der Waals surface area contributed by atoms with E-state index in [1.807, 2.05) is 26.0 Å². The van der Waals surface area contributed by atoms with E-state index in [-0.39, 0.29) is 16.8 Å². The van der Waals surface area contributed by atoms with Gasteiger partial charge in [0.1, 0.15) is 17.9 Å². The minimum absolute atomic E-state index is 0.000313. The Hall–Kier alpha value is -4.72. The van der Waals surface area contributed by atoms with Crippen LogP contribution >= 0.6 is 0 Å². The number of urea groups is 1. The van der Waals surface area contributed by atoms with Gasteiger partial charge in [-0.3, -0.25) is 14.9 Å². The highest BCUT2D eigenvalue weighted by Gasteiger charge is 2.37. The number of nitrogens with one attached hydrogen (secondary N) is 1. The van der Waals surface area contributed by atoms with Crippen molar-refractivity contribution in [2.24, 2.45) is 0 Å². The molecule has 4 rings (SSSR count). The molecule has 1 aliphatic heterocycles. The molecule has 3 aromatic carbocycles. The number of carboxylic acids is 1. The molecule has 0 radical (unpaired) electrons. The molecule has 0 bridgehead atoms. The molecule has 0 saturated carbocycles. The van der Waals surface area contributed by atoms with Gasteiger partial charge in [0.2, 0.25) is 0 Å². The quantitative estimate of drug-likeness (QED) is 0.411. The van der Waals surface area contributed by atoms with Gasteiger partial charge in [-0.2, -0.15) is 0 Å². The van der Waals surface area contributed by atoms with E-state index in [9.17, 15) is 19.2 Å². The second-order valence-electron chi connectivity index (χ2n) is 8.13. The molecule has 0 spiro atoms. The van der Waals surface area contributed by atoms with Gasteiger partial charge in [-0.05, 0) is 55.8 Å². The Morgan fingerprint density at radius 2 is 1.63 bits per heavy atom. The number of aryl methyl sites for hydroxylation is 2. The number of carbonyl (C=O) groups is 4. The lowest BCUT2D eigenvalue weighted by molar-refractivity contribution is -0.122. The largest absolute Gasteiger partial charge is 0.488 e. The normalized spacial score (nSPS) is 14.7. The van der Waals surface area contributed by atoms with Crippen molar-refractivity contribution in [3.8, 4) is 5.75 Å². The first-order valence-electron chi connectivity index (χ1n) is 10.8. The third-order valence-electron chi connectivity index (χ3n) is 5.37. The van der Waals surface area contributed by atoms with Crippen LogP contribution in [0.1, 0.15) is 32.6 Å². The molecule has 8 heteroatoms. The van der Waals surface area contributed by atoms with Crippen LogP contribution in [-0.2, 0) is 16.2 Å². The number of para-hydroxylation sites is 1. The van der Waals surface area contributed by atoms with E-state index in [0.29, 0.717) is 17.9 Å². The number of rotatable bonds is 6. The van der Waals surface area contributed by atoms with E-state index in [2.05, 4.69) is 11.4 Å². The van der Waals surface area contributed by atoms with Crippen molar-refractivity contribution in [2.45, 2.75) is 20.5 Å². The van der Waals surface area contributed by atoms with Crippen LogP contribution in [0.25, 0.3) is 6.08 Å². The number of carboxylic acid groups (broad SMARTS) is 1. The topological polar surface area (TPSA) is 113 Å². The number of hydrogen-bond acceptors (Lipinski definition) is 5. The maximum Gasteiger partial charge on any atom is 0.335 e. The molecule has 0 aromatic heterocycles. The standard InChI is InChI=1S/C27H22N2O6/c1-16-11-17(2)13-18(12-16)15-35-23-6-4-3-5-20(23)14-22-24(30)28-27(34)29(25(22)31)21-9-7-19(8-10-21)26(32)33/h3-14H,15H2,1-2H3,(H,32,33)(H,28,30,34)/b22-14+. The number of hydrogen-bond donors (Lipinski definition) is 2. The van der Waals surface area contributed by atoms with Crippen molar-refractivity contribution in [1.82, 2.24) is 5.32 Å².